The van der Waals surface area contributed by atoms with Gasteiger partial charge in [0.05, 0.1) is 7.11 Å². The lowest BCUT2D eigenvalue weighted by Crippen LogP contribution is -2.41. The topological polar surface area (TPSA) is 26.3 Å². The van der Waals surface area contributed by atoms with Gasteiger partial charge in [0.1, 0.15) is 5.75 Å². The highest BCUT2D eigenvalue weighted by Gasteiger charge is 2.58. The highest BCUT2D eigenvalue weighted by atomic mass is 35.5. The lowest BCUT2D eigenvalue weighted by molar-refractivity contribution is -0.131. The average molecular weight is 287 g/mol. The molecule has 0 radical (unpaired) electrons. The summed E-state index contributed by atoms with van der Waals surface area (Å²) in [4.78, 5) is 11.5. The number of ether oxygens (including phenoxy) is 1. The second-order valence-electron chi connectivity index (χ2n) is 3.13. The number of rotatable bonds is 3. The smallest absolute Gasteiger partial charge is 0.429 e. The van der Waals surface area contributed by atoms with E-state index in [1.54, 1.807) is 0 Å². The van der Waals surface area contributed by atoms with Gasteiger partial charge in [-0.1, -0.05) is 23.2 Å². The molecular weight excluding hydrogens is 280 g/mol. The number of alkyl halides is 5. The molecule has 0 aromatic heterocycles. The summed E-state index contributed by atoms with van der Waals surface area (Å²) in [5.41, 5.74) is -0.242. The standard InChI is InChI=1S/C10H7Cl2F3O2/c1-17-7-4-2-6(3-5-7)8(16)9(11,12)10(13,14)15/h2-5H,1H3. The van der Waals surface area contributed by atoms with Crippen molar-refractivity contribution in [2.24, 2.45) is 0 Å². The van der Waals surface area contributed by atoms with Gasteiger partial charge < -0.3 is 4.74 Å². The Morgan fingerprint density at radius 1 is 1.18 bits per heavy atom. The molecule has 0 saturated carbocycles. The molecule has 1 rings (SSSR count). The third kappa shape index (κ3) is 2.84. The fraction of sp³-hybridized carbons (Fsp3) is 0.300. The molecule has 0 saturated heterocycles. The Balaban J connectivity index is 3.04. The van der Waals surface area contributed by atoms with Gasteiger partial charge >= 0.3 is 6.18 Å². The number of ketones is 1. The van der Waals surface area contributed by atoms with Crippen LogP contribution in [0.5, 0.6) is 5.75 Å². The van der Waals surface area contributed by atoms with Gasteiger partial charge in [0.25, 0.3) is 4.33 Å². The van der Waals surface area contributed by atoms with Crippen LogP contribution in [0, 0.1) is 0 Å². The van der Waals surface area contributed by atoms with E-state index in [4.69, 9.17) is 27.9 Å². The largest absolute Gasteiger partial charge is 0.497 e. The fourth-order valence-electron chi connectivity index (χ4n) is 1.05. The van der Waals surface area contributed by atoms with Crippen LogP contribution in [0.15, 0.2) is 24.3 Å². The molecule has 0 unspecified atom stereocenters. The van der Waals surface area contributed by atoms with Crippen LogP contribution >= 0.6 is 23.2 Å². The van der Waals surface area contributed by atoms with E-state index in [1.807, 2.05) is 0 Å². The third-order valence-corrected chi connectivity index (χ3v) is 2.77. The van der Waals surface area contributed by atoms with Crippen molar-refractivity contribution in [1.29, 1.82) is 0 Å². The van der Waals surface area contributed by atoms with E-state index >= 15 is 0 Å². The number of carbonyl (C=O) groups excluding carboxylic acids is 1. The van der Waals surface area contributed by atoms with Gasteiger partial charge in [0.15, 0.2) is 0 Å². The molecule has 0 aliphatic rings. The monoisotopic (exact) mass is 286 g/mol. The van der Waals surface area contributed by atoms with Crippen molar-refractivity contribution in [3.63, 3.8) is 0 Å². The lowest BCUT2D eigenvalue weighted by atomic mass is 10.1. The van der Waals surface area contributed by atoms with Crippen molar-refractivity contribution >= 4 is 29.0 Å². The maximum atomic E-state index is 12.4. The van der Waals surface area contributed by atoms with Crippen molar-refractivity contribution in [1.82, 2.24) is 0 Å². The lowest BCUT2D eigenvalue weighted by Gasteiger charge is -2.21. The van der Waals surface area contributed by atoms with Gasteiger partial charge in [-0.2, -0.15) is 13.2 Å². The normalized spacial score (nSPS) is 12.4. The van der Waals surface area contributed by atoms with E-state index in [-0.39, 0.29) is 5.56 Å². The number of methoxy groups -OCH3 is 1. The summed E-state index contributed by atoms with van der Waals surface area (Å²) in [6, 6.07) is 5.00. The Morgan fingerprint density at radius 3 is 2.00 bits per heavy atom. The van der Waals surface area contributed by atoms with Crippen molar-refractivity contribution < 1.29 is 22.7 Å². The highest BCUT2D eigenvalue weighted by molar-refractivity contribution is 6.60. The van der Waals surface area contributed by atoms with Gasteiger partial charge in [-0.25, -0.2) is 0 Å². The maximum Gasteiger partial charge on any atom is 0.429 e. The minimum absolute atomic E-state index is 0.242. The summed E-state index contributed by atoms with van der Waals surface area (Å²) in [5, 5.41) is 0. The van der Waals surface area contributed by atoms with Crippen LogP contribution in [0.3, 0.4) is 0 Å². The molecule has 2 nitrogen and oxygen atoms in total. The van der Waals surface area contributed by atoms with Crippen molar-refractivity contribution in [2.75, 3.05) is 7.11 Å². The molecule has 0 spiro atoms. The summed E-state index contributed by atoms with van der Waals surface area (Å²) in [7, 11) is 1.39. The number of carbonyl (C=O) groups is 1. The Hall–Kier alpha value is -0.940. The maximum absolute atomic E-state index is 12.4. The molecule has 7 heteroatoms. The summed E-state index contributed by atoms with van der Waals surface area (Å²) < 4.78 is 38.6. The Bertz CT molecular complexity index is 413. The number of hydrogen-bond donors (Lipinski definition) is 0. The molecule has 94 valence electrons. The van der Waals surface area contributed by atoms with E-state index < -0.39 is 16.3 Å². The quantitative estimate of drug-likeness (QED) is 0.627. The van der Waals surface area contributed by atoms with E-state index in [1.165, 1.54) is 19.2 Å². The zero-order valence-corrected chi connectivity index (χ0v) is 10.0. The predicted molar refractivity (Wildman–Crippen MR) is 57.8 cm³/mol. The first-order valence-electron chi connectivity index (χ1n) is 4.33. The van der Waals surface area contributed by atoms with Crippen LogP contribution in [0.2, 0.25) is 0 Å². The van der Waals surface area contributed by atoms with Crippen molar-refractivity contribution in [3.8, 4) is 5.75 Å². The number of hydrogen-bond acceptors (Lipinski definition) is 2. The molecule has 0 aliphatic heterocycles. The highest BCUT2D eigenvalue weighted by Crippen LogP contribution is 2.42. The van der Waals surface area contributed by atoms with Crippen LogP contribution in [0.1, 0.15) is 10.4 Å². The van der Waals surface area contributed by atoms with Crippen LogP contribution in [-0.4, -0.2) is 23.4 Å². The summed E-state index contributed by atoms with van der Waals surface area (Å²) in [6.45, 7) is 0. The SMILES string of the molecule is COc1ccc(C(=O)C(Cl)(Cl)C(F)(F)F)cc1. The molecule has 17 heavy (non-hydrogen) atoms. The molecule has 0 aliphatic carbocycles. The Morgan fingerprint density at radius 2 is 1.65 bits per heavy atom. The molecule has 0 amide bonds. The zero-order valence-electron chi connectivity index (χ0n) is 8.52. The second kappa shape index (κ2) is 4.74. The average Bonchev–Trinajstić information content (AvgIpc) is 2.26. The second-order valence-corrected chi connectivity index (χ2v) is 4.46. The van der Waals surface area contributed by atoms with Gasteiger partial charge in [0.2, 0.25) is 5.78 Å². The summed E-state index contributed by atoms with van der Waals surface area (Å²) in [6.07, 6.45) is -5.03. The molecule has 0 bridgehead atoms. The molecular formula is C10H7Cl2F3O2. The number of benzene rings is 1. The molecule has 0 heterocycles. The van der Waals surface area contributed by atoms with E-state index in [0.717, 1.165) is 12.1 Å². The first-order valence-corrected chi connectivity index (χ1v) is 5.09. The van der Waals surface area contributed by atoms with Crippen molar-refractivity contribution in [3.05, 3.63) is 29.8 Å². The van der Waals surface area contributed by atoms with E-state index in [2.05, 4.69) is 0 Å². The molecule has 0 N–H and O–H groups in total. The summed E-state index contributed by atoms with van der Waals surface area (Å²) in [5.74, 6) is -1.01. The van der Waals surface area contributed by atoms with Crippen LogP contribution in [-0.2, 0) is 0 Å². The predicted octanol–water partition coefficient (Wildman–Crippen LogP) is 3.61. The molecule has 0 atom stereocenters. The van der Waals surface area contributed by atoms with E-state index in [0.29, 0.717) is 5.75 Å². The fourth-order valence-corrected chi connectivity index (χ4v) is 1.27. The molecule has 0 fully saturated rings. The minimum Gasteiger partial charge on any atom is -0.497 e. The first-order chi connectivity index (χ1) is 7.70. The minimum atomic E-state index is -5.03. The van der Waals surface area contributed by atoms with E-state index in [9.17, 15) is 18.0 Å². The Labute approximate surface area is 105 Å². The Kier molecular flexibility index (Phi) is 3.94. The number of Topliss-reactive ketones (excluding diaryl/α,β-unsaturated/α-hetero) is 1. The van der Waals surface area contributed by atoms with Gasteiger partial charge in [-0.05, 0) is 24.3 Å². The van der Waals surface area contributed by atoms with Gasteiger partial charge in [0, 0.05) is 5.56 Å². The van der Waals surface area contributed by atoms with Crippen LogP contribution < -0.4 is 4.74 Å². The summed E-state index contributed by atoms with van der Waals surface area (Å²) >= 11 is 10.1. The van der Waals surface area contributed by atoms with Crippen LogP contribution in [0.4, 0.5) is 13.2 Å². The molecule has 1 aromatic carbocycles. The van der Waals surface area contributed by atoms with Gasteiger partial charge in [-0.3, -0.25) is 4.79 Å². The van der Waals surface area contributed by atoms with Crippen LogP contribution in [0.25, 0.3) is 0 Å². The van der Waals surface area contributed by atoms with Crippen molar-refractivity contribution in [2.45, 2.75) is 10.5 Å². The third-order valence-electron chi connectivity index (χ3n) is 1.99. The molecule has 1 aromatic rings. The van der Waals surface area contributed by atoms with Gasteiger partial charge in [-0.15, -0.1) is 0 Å². The first kappa shape index (κ1) is 14.1. The number of halogens is 5. The zero-order chi connectivity index (χ0) is 13.3.